The summed E-state index contributed by atoms with van der Waals surface area (Å²) in [7, 11) is -3.88. The average molecular weight is 552 g/mol. The molecule has 6 rings (SSSR count). The van der Waals surface area contributed by atoms with E-state index in [1.807, 2.05) is 18.2 Å². The lowest BCUT2D eigenvalue weighted by Crippen LogP contribution is -2.45. The Labute approximate surface area is 231 Å². The molecule has 4 aliphatic rings. The Kier molecular flexibility index (Phi) is 6.97. The number of para-hydroxylation sites is 1. The van der Waals surface area contributed by atoms with Gasteiger partial charge in [0.25, 0.3) is 11.7 Å². The van der Waals surface area contributed by atoms with Gasteiger partial charge in [0.15, 0.2) is 5.69 Å². The van der Waals surface area contributed by atoms with Crippen LogP contribution >= 0.6 is 0 Å². The van der Waals surface area contributed by atoms with Crippen LogP contribution in [0, 0.1) is 11.8 Å². The number of primary amides is 1. The van der Waals surface area contributed by atoms with Crippen LogP contribution in [0.15, 0.2) is 41.5 Å². The van der Waals surface area contributed by atoms with Crippen LogP contribution in [0.5, 0.6) is 0 Å². The van der Waals surface area contributed by atoms with E-state index in [1.165, 1.54) is 25.9 Å². The van der Waals surface area contributed by atoms with Gasteiger partial charge in [-0.2, -0.15) is 13.4 Å². The second-order valence-corrected chi connectivity index (χ2v) is 13.7. The van der Waals surface area contributed by atoms with Gasteiger partial charge in [0.05, 0.1) is 5.69 Å². The first-order valence-corrected chi connectivity index (χ1v) is 16.1. The van der Waals surface area contributed by atoms with Gasteiger partial charge >= 0.3 is 10.0 Å². The summed E-state index contributed by atoms with van der Waals surface area (Å²) in [6, 6.07) is 10.8. The number of carbonyl (C=O) groups is 1. The standard InChI is InChI=1S/C29H38N6O3S/c1-2-39(37,38)35(23-11-4-3-5-12-23)29-26(27(32-35)22-9-8-10-22)25(19-24(31-29)28(30)36)34-17-13-21(14-18-34)20-33-15-6-7-16-33/h3-5,11-12,19,21-22H,2,6-10,13-18,20H2,1H3,(H-,30,36)/p+1. The molecule has 2 aromatic rings. The minimum atomic E-state index is -3.88. The molecule has 3 aliphatic heterocycles. The van der Waals surface area contributed by atoms with Gasteiger partial charge in [0.1, 0.15) is 22.7 Å². The molecule has 9 nitrogen and oxygen atoms in total. The van der Waals surface area contributed by atoms with E-state index in [-0.39, 0.29) is 23.2 Å². The maximum atomic E-state index is 14.0. The Morgan fingerprint density at radius 2 is 1.72 bits per heavy atom. The molecular formula is C29H39N6O3S+. The second-order valence-electron chi connectivity index (χ2n) is 11.4. The summed E-state index contributed by atoms with van der Waals surface area (Å²) in [6.45, 7) is 6.87. The van der Waals surface area contributed by atoms with Gasteiger partial charge in [-0.3, -0.25) is 4.79 Å². The van der Waals surface area contributed by atoms with Crippen molar-refractivity contribution in [3.05, 3.63) is 47.7 Å². The lowest BCUT2D eigenvalue weighted by molar-refractivity contribution is 0.0995. The zero-order chi connectivity index (χ0) is 27.2. The van der Waals surface area contributed by atoms with Crippen molar-refractivity contribution in [1.29, 1.82) is 0 Å². The van der Waals surface area contributed by atoms with Gasteiger partial charge in [-0.05, 0) is 74.5 Å². The Morgan fingerprint density at radius 3 is 2.31 bits per heavy atom. The topological polar surface area (TPSA) is 109 Å². The molecule has 1 aliphatic carbocycles. The highest BCUT2D eigenvalue weighted by atomic mass is 32.2. The van der Waals surface area contributed by atoms with Crippen LogP contribution < -0.4 is 14.6 Å². The van der Waals surface area contributed by atoms with Gasteiger partial charge in [-0.25, -0.2) is 0 Å². The van der Waals surface area contributed by atoms with Crippen LogP contribution in [0.3, 0.4) is 0 Å². The summed E-state index contributed by atoms with van der Waals surface area (Å²) < 4.78 is 27.3. The molecule has 0 spiro atoms. The Bertz CT molecular complexity index is 1380. The highest BCUT2D eigenvalue weighted by molar-refractivity contribution is 7.91. The Hall–Kier alpha value is -2.82. The number of likely N-dealkylation sites (tertiary alicyclic amines) is 1. The highest BCUT2D eigenvalue weighted by Crippen LogP contribution is 2.51. The van der Waals surface area contributed by atoms with Crippen LogP contribution in [0.1, 0.15) is 67.9 Å². The van der Waals surface area contributed by atoms with E-state index in [0.29, 0.717) is 11.6 Å². The number of carbonyl (C=O) groups excluding carboxylic acids is 1. The number of fused-ring (bicyclic) bond motifs is 1. The van der Waals surface area contributed by atoms with Crippen molar-refractivity contribution in [3.63, 3.8) is 0 Å². The normalized spacial score (nSPS) is 24.4. The molecule has 1 amide bonds. The van der Waals surface area contributed by atoms with Crippen LogP contribution in [0.2, 0.25) is 0 Å². The molecule has 3 fully saturated rings. The van der Waals surface area contributed by atoms with E-state index in [9.17, 15) is 13.2 Å². The Balaban J connectivity index is 1.48. The smallest absolute Gasteiger partial charge is 0.332 e. The summed E-state index contributed by atoms with van der Waals surface area (Å²) in [5, 5.41) is 5.08. The maximum absolute atomic E-state index is 14.0. The predicted molar refractivity (Wildman–Crippen MR) is 155 cm³/mol. The van der Waals surface area contributed by atoms with Gasteiger partial charge in [-0.1, -0.05) is 29.7 Å². The number of hydrogen-bond donors (Lipinski definition) is 1. The number of aromatic nitrogens is 1. The zero-order valence-corrected chi connectivity index (χ0v) is 23.6. The van der Waals surface area contributed by atoms with Gasteiger partial charge in [0, 0.05) is 37.7 Å². The molecule has 10 heteroatoms. The Morgan fingerprint density at radius 1 is 1.03 bits per heavy atom. The SMILES string of the molecule is CCS(=O)(=O)[N+]1(c2ccccc2)N=C(C2CCC2)c2c(N3CCC(CN4CCCC4)CC3)cc(C(N)=O)nc21. The fourth-order valence-corrected chi connectivity index (χ4v) is 8.04. The number of benzene rings is 1. The van der Waals surface area contributed by atoms with Crippen molar-refractivity contribution in [2.45, 2.75) is 51.9 Å². The molecule has 2 N–H and O–H groups in total. The monoisotopic (exact) mass is 551 g/mol. The fraction of sp³-hybridized carbons (Fsp3) is 0.552. The molecule has 1 saturated carbocycles. The highest BCUT2D eigenvalue weighted by Gasteiger charge is 2.57. The summed E-state index contributed by atoms with van der Waals surface area (Å²) >= 11 is 0. The summed E-state index contributed by atoms with van der Waals surface area (Å²) in [5.74, 6) is 0.315. The van der Waals surface area contributed by atoms with Crippen molar-refractivity contribution in [2.24, 2.45) is 22.7 Å². The third kappa shape index (κ3) is 4.46. The molecular weight excluding hydrogens is 512 g/mol. The average Bonchev–Trinajstić information content (AvgIpc) is 3.55. The molecule has 1 unspecified atom stereocenters. The lowest BCUT2D eigenvalue weighted by Gasteiger charge is -2.36. The first-order chi connectivity index (χ1) is 18.8. The van der Waals surface area contributed by atoms with E-state index >= 15 is 0 Å². The number of sulfonamides is 1. The van der Waals surface area contributed by atoms with Crippen LogP contribution in [-0.2, 0) is 10.0 Å². The number of pyridine rings is 1. The molecule has 1 aromatic heterocycles. The van der Waals surface area contributed by atoms with Gasteiger partial charge in [-0.15, -0.1) is 0 Å². The van der Waals surface area contributed by atoms with Crippen molar-refractivity contribution in [1.82, 2.24) is 13.9 Å². The number of piperidine rings is 1. The summed E-state index contributed by atoms with van der Waals surface area (Å²) in [6.07, 6.45) is 7.73. The fourth-order valence-electron chi connectivity index (χ4n) is 6.61. The summed E-state index contributed by atoms with van der Waals surface area (Å²) in [4.78, 5) is 22.2. The zero-order valence-electron chi connectivity index (χ0n) is 22.8. The first-order valence-electron chi connectivity index (χ1n) is 14.4. The van der Waals surface area contributed by atoms with Crippen molar-refractivity contribution < 1.29 is 13.2 Å². The predicted octanol–water partition coefficient (Wildman–Crippen LogP) is 4.00. The molecule has 4 heterocycles. The number of amides is 1. The third-order valence-corrected chi connectivity index (χ3v) is 11.1. The minimum absolute atomic E-state index is 0.0812. The number of rotatable bonds is 8. The maximum Gasteiger partial charge on any atom is 0.332 e. The number of hydrogen-bond acceptors (Lipinski definition) is 7. The first kappa shape index (κ1) is 26.4. The summed E-state index contributed by atoms with van der Waals surface area (Å²) in [5.41, 5.74) is 8.81. The van der Waals surface area contributed by atoms with Crippen LogP contribution in [0.4, 0.5) is 17.2 Å². The second kappa shape index (κ2) is 10.3. The van der Waals surface area contributed by atoms with E-state index in [4.69, 9.17) is 15.8 Å². The van der Waals surface area contributed by atoms with E-state index in [1.54, 1.807) is 25.1 Å². The molecule has 0 radical (unpaired) electrons. The number of nitrogens with zero attached hydrogens (tertiary/aromatic N) is 5. The van der Waals surface area contributed by atoms with Crippen molar-refractivity contribution >= 4 is 38.8 Å². The van der Waals surface area contributed by atoms with E-state index < -0.39 is 19.9 Å². The van der Waals surface area contributed by atoms with Crippen molar-refractivity contribution in [2.75, 3.05) is 43.4 Å². The molecule has 0 bridgehead atoms. The molecule has 2 saturated heterocycles. The molecule has 208 valence electrons. The van der Waals surface area contributed by atoms with Gasteiger partial charge < -0.3 is 15.5 Å². The molecule has 1 atom stereocenters. The van der Waals surface area contributed by atoms with Crippen LogP contribution in [0.25, 0.3) is 0 Å². The minimum Gasteiger partial charge on any atom is -0.371 e. The lowest BCUT2D eigenvalue weighted by atomic mass is 9.79. The number of quaternary nitrogens is 1. The van der Waals surface area contributed by atoms with Crippen molar-refractivity contribution in [3.8, 4) is 0 Å². The van der Waals surface area contributed by atoms with E-state index in [0.717, 1.165) is 68.7 Å². The number of anilines is 1. The molecule has 39 heavy (non-hydrogen) atoms. The van der Waals surface area contributed by atoms with Crippen LogP contribution in [-0.4, -0.2) is 68.4 Å². The quantitative estimate of drug-likeness (QED) is 0.497. The largest absolute Gasteiger partial charge is 0.371 e. The third-order valence-electron chi connectivity index (χ3n) is 9.06. The van der Waals surface area contributed by atoms with Gasteiger partial charge in [0.2, 0.25) is 0 Å². The number of nitrogens with two attached hydrogens (primary N) is 1. The molecule has 1 aromatic carbocycles. The van der Waals surface area contributed by atoms with E-state index in [2.05, 4.69) is 9.80 Å².